The van der Waals surface area contributed by atoms with Gasteiger partial charge in [-0.25, -0.2) is 4.79 Å². The molecule has 3 aromatic rings. The Labute approximate surface area is 202 Å². The number of piperazine rings is 1. The fraction of sp³-hybridized carbons (Fsp3) is 0.308. The van der Waals surface area contributed by atoms with Gasteiger partial charge in [0.1, 0.15) is 12.4 Å². The van der Waals surface area contributed by atoms with Gasteiger partial charge in [-0.2, -0.15) is 13.2 Å². The van der Waals surface area contributed by atoms with Crippen molar-refractivity contribution in [1.29, 1.82) is 0 Å². The average molecular weight is 485 g/mol. The van der Waals surface area contributed by atoms with Gasteiger partial charge in [0.15, 0.2) is 0 Å². The summed E-state index contributed by atoms with van der Waals surface area (Å²) in [6.07, 6.45) is 0.209. The Morgan fingerprint density at radius 3 is 2.17 bits per heavy atom. The lowest BCUT2D eigenvalue weighted by Gasteiger charge is -2.34. The highest BCUT2D eigenvalue weighted by Crippen LogP contribution is 2.29. The molecule has 35 heavy (non-hydrogen) atoms. The van der Waals surface area contributed by atoms with E-state index < -0.39 is 11.7 Å². The number of carbonyl (C=O) groups is 1. The number of nitrogens with zero attached hydrogens (tertiary/aromatic N) is 3. The maximum absolute atomic E-state index is 12.7. The molecule has 0 atom stereocenters. The number of amides is 2. The molecule has 184 valence electrons. The summed E-state index contributed by atoms with van der Waals surface area (Å²) in [5, 5.41) is 2.91. The Morgan fingerprint density at radius 1 is 0.886 bits per heavy atom. The topological polar surface area (TPSA) is 57.7 Å². The van der Waals surface area contributed by atoms with Crippen LogP contribution in [0, 0.1) is 0 Å². The van der Waals surface area contributed by atoms with Gasteiger partial charge in [0.2, 0.25) is 0 Å². The molecular formula is C26H27F3N4O2. The molecule has 4 rings (SSSR count). The standard InChI is InChI=1S/C26H27F3N4O2/c27-26(28,29)22-3-1-21(2-4-22)19-35-24-7-5-23(6-8-24)31-25(34)33-17-15-32(16-18-33)14-11-20-9-12-30-13-10-20/h1-10,12-13H,11,14-19H2,(H,31,34). The second-order valence-electron chi connectivity index (χ2n) is 8.37. The third-order valence-electron chi connectivity index (χ3n) is 5.92. The monoisotopic (exact) mass is 484 g/mol. The molecule has 1 saturated heterocycles. The van der Waals surface area contributed by atoms with Crippen LogP contribution in [-0.4, -0.2) is 53.5 Å². The van der Waals surface area contributed by atoms with Crippen molar-refractivity contribution in [3.05, 3.63) is 89.7 Å². The Kier molecular flexibility index (Phi) is 7.87. The zero-order valence-corrected chi connectivity index (χ0v) is 19.2. The van der Waals surface area contributed by atoms with Gasteiger partial charge in [-0.05, 0) is 66.1 Å². The van der Waals surface area contributed by atoms with Crippen LogP contribution in [0.5, 0.6) is 5.75 Å². The summed E-state index contributed by atoms with van der Waals surface area (Å²) in [4.78, 5) is 20.8. The Morgan fingerprint density at radius 2 is 1.54 bits per heavy atom. The molecule has 1 fully saturated rings. The van der Waals surface area contributed by atoms with Crippen LogP contribution in [-0.2, 0) is 19.2 Å². The van der Waals surface area contributed by atoms with E-state index in [9.17, 15) is 18.0 Å². The summed E-state index contributed by atoms with van der Waals surface area (Å²) in [5.41, 5.74) is 1.85. The third-order valence-corrected chi connectivity index (χ3v) is 5.92. The van der Waals surface area contributed by atoms with Crippen LogP contribution in [0.2, 0.25) is 0 Å². The molecule has 0 spiro atoms. The van der Waals surface area contributed by atoms with Crippen LogP contribution in [0.1, 0.15) is 16.7 Å². The van der Waals surface area contributed by atoms with Crippen molar-refractivity contribution in [2.75, 3.05) is 38.0 Å². The van der Waals surface area contributed by atoms with Crippen molar-refractivity contribution in [2.45, 2.75) is 19.2 Å². The van der Waals surface area contributed by atoms with E-state index in [1.807, 2.05) is 12.1 Å². The molecule has 6 nitrogen and oxygen atoms in total. The summed E-state index contributed by atoms with van der Waals surface area (Å²) in [6.45, 7) is 4.08. The van der Waals surface area contributed by atoms with Crippen LogP contribution in [0.25, 0.3) is 0 Å². The summed E-state index contributed by atoms with van der Waals surface area (Å²) in [5.74, 6) is 0.561. The van der Waals surface area contributed by atoms with E-state index in [-0.39, 0.29) is 12.6 Å². The van der Waals surface area contributed by atoms with Crippen molar-refractivity contribution in [2.24, 2.45) is 0 Å². The molecule has 1 aromatic heterocycles. The van der Waals surface area contributed by atoms with Crippen LogP contribution in [0.15, 0.2) is 73.1 Å². The first-order chi connectivity index (χ1) is 16.9. The molecule has 0 bridgehead atoms. The van der Waals surface area contributed by atoms with Gasteiger partial charge in [0.05, 0.1) is 5.56 Å². The van der Waals surface area contributed by atoms with E-state index in [0.717, 1.165) is 38.2 Å². The minimum Gasteiger partial charge on any atom is -0.489 e. The number of halogens is 3. The smallest absolute Gasteiger partial charge is 0.416 e. The first-order valence-corrected chi connectivity index (χ1v) is 11.4. The number of carbonyl (C=O) groups excluding carboxylic acids is 1. The summed E-state index contributed by atoms with van der Waals surface area (Å²) >= 11 is 0. The largest absolute Gasteiger partial charge is 0.489 e. The van der Waals surface area contributed by atoms with Gasteiger partial charge in [-0.1, -0.05) is 12.1 Å². The SMILES string of the molecule is O=C(Nc1ccc(OCc2ccc(C(F)(F)F)cc2)cc1)N1CCN(CCc2ccncc2)CC1. The number of anilines is 1. The molecule has 0 saturated carbocycles. The van der Waals surface area contributed by atoms with E-state index >= 15 is 0 Å². The first-order valence-electron chi connectivity index (χ1n) is 11.4. The lowest BCUT2D eigenvalue weighted by atomic mass is 10.1. The first kappa shape index (κ1) is 24.5. The number of benzene rings is 2. The van der Waals surface area contributed by atoms with Crippen LogP contribution < -0.4 is 10.1 Å². The Balaban J connectivity index is 1.19. The Hall–Kier alpha value is -3.59. The van der Waals surface area contributed by atoms with Gasteiger partial charge < -0.3 is 15.0 Å². The minimum absolute atomic E-state index is 0.141. The highest BCUT2D eigenvalue weighted by molar-refractivity contribution is 5.89. The molecule has 2 amide bonds. The van der Waals surface area contributed by atoms with E-state index in [1.54, 1.807) is 41.6 Å². The second kappa shape index (κ2) is 11.2. The molecule has 1 aliphatic heterocycles. The zero-order chi connectivity index (χ0) is 24.7. The fourth-order valence-electron chi connectivity index (χ4n) is 3.80. The lowest BCUT2D eigenvalue weighted by Crippen LogP contribution is -2.50. The molecule has 0 radical (unpaired) electrons. The highest BCUT2D eigenvalue weighted by atomic mass is 19.4. The van der Waals surface area contributed by atoms with Gasteiger partial charge in [-0.3, -0.25) is 9.88 Å². The predicted molar refractivity (Wildman–Crippen MR) is 127 cm³/mol. The Bertz CT molecular complexity index is 1080. The second-order valence-corrected chi connectivity index (χ2v) is 8.37. The van der Waals surface area contributed by atoms with E-state index in [0.29, 0.717) is 30.1 Å². The summed E-state index contributed by atoms with van der Waals surface area (Å²) in [7, 11) is 0. The molecule has 9 heteroatoms. The number of alkyl halides is 3. The fourth-order valence-corrected chi connectivity index (χ4v) is 3.80. The number of nitrogens with one attached hydrogen (secondary N) is 1. The van der Waals surface area contributed by atoms with Crippen molar-refractivity contribution >= 4 is 11.7 Å². The molecule has 2 heterocycles. The number of hydrogen-bond acceptors (Lipinski definition) is 4. The maximum Gasteiger partial charge on any atom is 0.416 e. The number of rotatable bonds is 7. The van der Waals surface area contributed by atoms with Gasteiger partial charge in [-0.15, -0.1) is 0 Å². The van der Waals surface area contributed by atoms with Crippen LogP contribution in [0.4, 0.5) is 23.7 Å². The van der Waals surface area contributed by atoms with Crippen molar-refractivity contribution < 1.29 is 22.7 Å². The minimum atomic E-state index is -4.35. The number of aromatic nitrogens is 1. The quantitative estimate of drug-likeness (QED) is 0.509. The maximum atomic E-state index is 12.7. The van der Waals surface area contributed by atoms with E-state index in [2.05, 4.69) is 15.2 Å². The lowest BCUT2D eigenvalue weighted by molar-refractivity contribution is -0.137. The van der Waals surface area contributed by atoms with E-state index in [4.69, 9.17) is 4.74 Å². The summed E-state index contributed by atoms with van der Waals surface area (Å²) in [6, 6.07) is 15.7. The average Bonchev–Trinajstić information content (AvgIpc) is 2.88. The number of pyridine rings is 1. The molecule has 1 N–H and O–H groups in total. The zero-order valence-electron chi connectivity index (χ0n) is 19.2. The molecule has 0 aliphatic carbocycles. The van der Waals surface area contributed by atoms with Crippen LogP contribution >= 0.6 is 0 Å². The van der Waals surface area contributed by atoms with Crippen molar-refractivity contribution in [1.82, 2.24) is 14.8 Å². The van der Waals surface area contributed by atoms with Crippen molar-refractivity contribution in [3.8, 4) is 5.75 Å². The highest BCUT2D eigenvalue weighted by Gasteiger charge is 2.29. The normalized spacial score (nSPS) is 14.5. The summed E-state index contributed by atoms with van der Waals surface area (Å²) < 4.78 is 43.6. The van der Waals surface area contributed by atoms with Gasteiger partial charge in [0.25, 0.3) is 0 Å². The number of urea groups is 1. The van der Waals surface area contributed by atoms with Gasteiger partial charge >= 0.3 is 12.2 Å². The number of hydrogen-bond donors (Lipinski definition) is 1. The number of ether oxygens (including phenoxy) is 1. The van der Waals surface area contributed by atoms with Crippen molar-refractivity contribution in [3.63, 3.8) is 0 Å². The molecule has 1 aliphatic rings. The molecular weight excluding hydrogens is 457 g/mol. The van der Waals surface area contributed by atoms with E-state index in [1.165, 1.54) is 17.7 Å². The molecule has 0 unspecified atom stereocenters. The third kappa shape index (κ3) is 7.19. The molecule has 2 aromatic carbocycles. The van der Waals surface area contributed by atoms with Gasteiger partial charge in [0, 0.05) is 50.8 Å². The predicted octanol–water partition coefficient (Wildman–Crippen LogP) is 5.07. The van der Waals surface area contributed by atoms with Crippen LogP contribution in [0.3, 0.4) is 0 Å².